The molecule has 0 saturated heterocycles. The van der Waals surface area contributed by atoms with Crippen LogP contribution in [0.25, 0.3) is 0 Å². The van der Waals surface area contributed by atoms with Crippen molar-refractivity contribution in [2.75, 3.05) is 12.4 Å². The minimum absolute atomic E-state index is 0.521. The summed E-state index contributed by atoms with van der Waals surface area (Å²) in [5.41, 5.74) is 4.96. The molecular weight excluding hydrogens is 338 g/mol. The Labute approximate surface area is 163 Å². The lowest BCUT2D eigenvalue weighted by Gasteiger charge is -2.23. The van der Waals surface area contributed by atoms with E-state index in [1.807, 2.05) is 0 Å². The Bertz CT molecular complexity index is 708. The van der Waals surface area contributed by atoms with Gasteiger partial charge in [0.2, 0.25) is 0 Å². The van der Waals surface area contributed by atoms with Gasteiger partial charge in [-0.25, -0.2) is 0 Å². The van der Waals surface area contributed by atoms with Crippen LogP contribution in [0.3, 0.4) is 0 Å². The molecule has 0 atom stereocenters. The zero-order valence-corrected chi connectivity index (χ0v) is 17.4. The summed E-state index contributed by atoms with van der Waals surface area (Å²) in [5, 5.41) is 7.24. The number of hydrogen-bond donors (Lipinski definition) is 2. The summed E-state index contributed by atoms with van der Waals surface area (Å²) in [4.78, 5) is 2.34. The van der Waals surface area contributed by atoms with Gasteiger partial charge < -0.3 is 10.6 Å². The lowest BCUT2D eigenvalue weighted by molar-refractivity contribution is 0.265. The molecular formula is C22H31N3S. The van der Waals surface area contributed by atoms with E-state index in [4.69, 9.17) is 12.2 Å². The van der Waals surface area contributed by atoms with Crippen LogP contribution in [0, 0.1) is 0 Å². The first-order valence-electron chi connectivity index (χ1n) is 9.28. The van der Waals surface area contributed by atoms with Crippen LogP contribution in [0.4, 0.5) is 5.69 Å². The summed E-state index contributed by atoms with van der Waals surface area (Å²) in [7, 11) is 2.15. The van der Waals surface area contributed by atoms with Crippen molar-refractivity contribution in [3.63, 3.8) is 0 Å². The van der Waals surface area contributed by atoms with Crippen LogP contribution in [0.15, 0.2) is 48.5 Å². The molecule has 3 nitrogen and oxygen atoms in total. The average Bonchev–Trinajstić information content (AvgIpc) is 2.61. The summed E-state index contributed by atoms with van der Waals surface area (Å²) >= 11 is 5.46. The Morgan fingerprint density at radius 1 is 0.962 bits per heavy atom. The van der Waals surface area contributed by atoms with Gasteiger partial charge in [-0.3, -0.25) is 4.90 Å². The number of thiocarbonyl (C=S) groups is 1. The number of benzene rings is 2. The minimum atomic E-state index is 0.521. The number of nitrogens with one attached hydrogen (secondary N) is 2. The molecule has 0 radical (unpaired) electrons. The molecule has 0 aliphatic rings. The molecule has 0 heterocycles. The van der Waals surface area contributed by atoms with Crippen LogP contribution in [0.2, 0.25) is 0 Å². The first kappa shape index (κ1) is 20.4. The number of nitrogens with zero attached hydrogens (tertiary/aromatic N) is 1. The third-order valence-corrected chi connectivity index (χ3v) is 4.94. The van der Waals surface area contributed by atoms with E-state index in [0.29, 0.717) is 17.1 Å². The topological polar surface area (TPSA) is 27.3 Å². The van der Waals surface area contributed by atoms with Crippen LogP contribution in [-0.2, 0) is 13.1 Å². The van der Waals surface area contributed by atoms with Gasteiger partial charge in [-0.2, -0.15) is 0 Å². The molecule has 0 aliphatic carbocycles. The fraction of sp³-hybridized carbons (Fsp3) is 0.409. The van der Waals surface area contributed by atoms with Crippen molar-refractivity contribution in [3.8, 4) is 0 Å². The molecule has 140 valence electrons. The molecule has 0 aliphatic heterocycles. The molecule has 0 saturated carbocycles. The predicted octanol–water partition coefficient (Wildman–Crippen LogP) is 5.14. The van der Waals surface area contributed by atoms with Crippen molar-refractivity contribution in [1.82, 2.24) is 10.2 Å². The first-order valence-corrected chi connectivity index (χ1v) is 9.69. The summed E-state index contributed by atoms with van der Waals surface area (Å²) < 4.78 is 0. The third-order valence-electron chi connectivity index (χ3n) is 4.69. The van der Waals surface area contributed by atoms with Crippen LogP contribution >= 0.6 is 12.2 Å². The Morgan fingerprint density at radius 2 is 1.58 bits per heavy atom. The molecule has 0 unspecified atom stereocenters. The highest BCUT2D eigenvalue weighted by Crippen LogP contribution is 2.17. The van der Waals surface area contributed by atoms with Crippen molar-refractivity contribution < 1.29 is 0 Å². The zero-order chi connectivity index (χ0) is 19.1. The standard InChI is InChI=1S/C22H31N3S/c1-16(2)18-10-12-21(13-11-18)24-22(26)23-14-19-8-6-7-9-20(19)15-25(5)17(3)4/h6-13,16-17H,14-15H2,1-5H3,(H2,23,24,26). The smallest absolute Gasteiger partial charge is 0.171 e. The molecule has 0 fully saturated rings. The summed E-state index contributed by atoms with van der Waals surface area (Å²) in [6.07, 6.45) is 0. The maximum atomic E-state index is 5.46. The summed E-state index contributed by atoms with van der Waals surface area (Å²) in [6.45, 7) is 10.5. The molecule has 0 spiro atoms. The van der Waals surface area contributed by atoms with Crippen LogP contribution in [0.1, 0.15) is 50.3 Å². The zero-order valence-electron chi connectivity index (χ0n) is 16.5. The Balaban J connectivity index is 1.93. The van der Waals surface area contributed by atoms with Crippen LogP contribution in [0.5, 0.6) is 0 Å². The normalized spacial score (nSPS) is 11.2. The monoisotopic (exact) mass is 369 g/mol. The van der Waals surface area contributed by atoms with Gasteiger partial charge in [-0.15, -0.1) is 0 Å². The second kappa shape index (κ2) is 9.70. The van der Waals surface area contributed by atoms with E-state index in [1.54, 1.807) is 0 Å². The predicted molar refractivity (Wildman–Crippen MR) is 117 cm³/mol. The minimum Gasteiger partial charge on any atom is -0.358 e. The van der Waals surface area contributed by atoms with E-state index in [-0.39, 0.29) is 0 Å². The van der Waals surface area contributed by atoms with Gasteiger partial charge in [-0.05, 0) is 67.9 Å². The quantitative estimate of drug-likeness (QED) is 0.661. The van der Waals surface area contributed by atoms with Crippen molar-refractivity contribution in [3.05, 3.63) is 65.2 Å². The van der Waals surface area contributed by atoms with Gasteiger partial charge in [0.1, 0.15) is 0 Å². The highest BCUT2D eigenvalue weighted by molar-refractivity contribution is 7.80. The molecule has 0 bridgehead atoms. The average molecular weight is 370 g/mol. The highest BCUT2D eigenvalue weighted by Gasteiger charge is 2.08. The maximum Gasteiger partial charge on any atom is 0.171 e. The van der Waals surface area contributed by atoms with E-state index in [9.17, 15) is 0 Å². The van der Waals surface area contributed by atoms with Gasteiger partial charge >= 0.3 is 0 Å². The van der Waals surface area contributed by atoms with E-state index in [2.05, 4.69) is 98.8 Å². The Kier molecular flexibility index (Phi) is 7.61. The molecule has 2 N–H and O–H groups in total. The van der Waals surface area contributed by atoms with Crippen molar-refractivity contribution in [2.24, 2.45) is 0 Å². The fourth-order valence-corrected chi connectivity index (χ4v) is 2.83. The SMILES string of the molecule is CC(C)c1ccc(NC(=S)NCc2ccccc2CN(C)C(C)C)cc1. The molecule has 2 aromatic carbocycles. The molecule has 26 heavy (non-hydrogen) atoms. The molecule has 4 heteroatoms. The van der Waals surface area contributed by atoms with Gasteiger partial charge in [-0.1, -0.05) is 50.2 Å². The number of anilines is 1. The van der Waals surface area contributed by atoms with E-state index in [1.165, 1.54) is 16.7 Å². The molecule has 0 amide bonds. The lowest BCUT2D eigenvalue weighted by Crippen LogP contribution is -2.29. The van der Waals surface area contributed by atoms with Crippen LogP contribution < -0.4 is 10.6 Å². The fourth-order valence-electron chi connectivity index (χ4n) is 2.64. The van der Waals surface area contributed by atoms with E-state index < -0.39 is 0 Å². The number of hydrogen-bond acceptors (Lipinski definition) is 2. The second-order valence-corrected chi connectivity index (χ2v) is 7.77. The Morgan fingerprint density at radius 3 is 2.15 bits per heavy atom. The molecule has 2 aromatic rings. The Hall–Kier alpha value is -1.91. The van der Waals surface area contributed by atoms with E-state index in [0.717, 1.165) is 18.8 Å². The molecule has 0 aromatic heterocycles. The van der Waals surface area contributed by atoms with Crippen molar-refractivity contribution in [1.29, 1.82) is 0 Å². The summed E-state index contributed by atoms with van der Waals surface area (Å²) in [5.74, 6) is 0.537. The summed E-state index contributed by atoms with van der Waals surface area (Å²) in [6, 6.07) is 17.5. The first-order chi connectivity index (χ1) is 12.4. The van der Waals surface area contributed by atoms with Gasteiger partial charge in [0, 0.05) is 24.8 Å². The second-order valence-electron chi connectivity index (χ2n) is 7.36. The highest BCUT2D eigenvalue weighted by atomic mass is 32.1. The maximum absolute atomic E-state index is 5.46. The third kappa shape index (κ3) is 6.11. The van der Waals surface area contributed by atoms with Gasteiger partial charge in [0.25, 0.3) is 0 Å². The van der Waals surface area contributed by atoms with E-state index >= 15 is 0 Å². The van der Waals surface area contributed by atoms with Crippen molar-refractivity contribution >= 4 is 23.0 Å². The van der Waals surface area contributed by atoms with Crippen molar-refractivity contribution in [2.45, 2.75) is 52.7 Å². The van der Waals surface area contributed by atoms with Gasteiger partial charge in [0.15, 0.2) is 5.11 Å². The van der Waals surface area contributed by atoms with Gasteiger partial charge in [0.05, 0.1) is 0 Å². The molecule has 2 rings (SSSR count). The lowest BCUT2D eigenvalue weighted by atomic mass is 10.0. The number of rotatable bonds is 7. The van der Waals surface area contributed by atoms with Crippen LogP contribution in [-0.4, -0.2) is 23.1 Å². The largest absolute Gasteiger partial charge is 0.358 e.